The molecule has 7 heteroatoms. The Morgan fingerprint density at radius 2 is 1.88 bits per heavy atom. The second-order valence-corrected chi connectivity index (χ2v) is 6.08. The standard InChI is InChI=1S/C17H23F3N2O2/c1-12(14-7-10-24-11-8-14)22-16(23)21-9-6-13-2-4-15(5-3-13)17(18,19)20/h2-5,12,14H,6-11H2,1H3,(H2,21,22,23)/t12-/m1/s1. The molecule has 0 unspecified atom stereocenters. The Labute approximate surface area is 139 Å². The number of halogens is 3. The Balaban J connectivity index is 1.70. The Kier molecular flexibility index (Phi) is 6.48. The van der Waals surface area contributed by atoms with Crippen LogP contribution < -0.4 is 10.6 Å². The summed E-state index contributed by atoms with van der Waals surface area (Å²) >= 11 is 0. The maximum Gasteiger partial charge on any atom is 0.416 e. The van der Waals surface area contributed by atoms with Crippen LogP contribution in [0.25, 0.3) is 0 Å². The highest BCUT2D eigenvalue weighted by Gasteiger charge is 2.29. The second kappa shape index (κ2) is 8.37. The van der Waals surface area contributed by atoms with Crippen molar-refractivity contribution in [3.8, 4) is 0 Å². The van der Waals surface area contributed by atoms with Crippen molar-refractivity contribution in [2.75, 3.05) is 19.8 Å². The van der Waals surface area contributed by atoms with Gasteiger partial charge in [0, 0.05) is 25.8 Å². The number of hydrogen-bond donors (Lipinski definition) is 2. The molecule has 1 atom stereocenters. The maximum absolute atomic E-state index is 12.5. The molecule has 2 N–H and O–H groups in total. The largest absolute Gasteiger partial charge is 0.416 e. The first kappa shape index (κ1) is 18.6. The van der Waals surface area contributed by atoms with Gasteiger partial charge in [0.2, 0.25) is 0 Å². The van der Waals surface area contributed by atoms with Crippen molar-refractivity contribution in [2.24, 2.45) is 5.92 Å². The van der Waals surface area contributed by atoms with E-state index in [1.807, 2.05) is 6.92 Å². The minimum Gasteiger partial charge on any atom is -0.381 e. The van der Waals surface area contributed by atoms with Crippen LogP contribution in [-0.4, -0.2) is 31.8 Å². The van der Waals surface area contributed by atoms with Crippen molar-refractivity contribution in [1.82, 2.24) is 10.6 Å². The zero-order valence-electron chi connectivity index (χ0n) is 13.7. The van der Waals surface area contributed by atoms with Gasteiger partial charge in [-0.05, 0) is 49.8 Å². The molecule has 1 fully saturated rings. The first-order chi connectivity index (χ1) is 11.4. The van der Waals surface area contributed by atoms with Gasteiger partial charge in [-0.25, -0.2) is 4.79 Å². The molecule has 0 aliphatic carbocycles. The van der Waals surface area contributed by atoms with Gasteiger partial charge in [-0.2, -0.15) is 13.2 Å². The molecule has 2 amide bonds. The highest BCUT2D eigenvalue weighted by atomic mass is 19.4. The molecule has 1 heterocycles. The third-order valence-electron chi connectivity index (χ3n) is 4.31. The minimum atomic E-state index is -4.32. The number of hydrogen-bond acceptors (Lipinski definition) is 2. The van der Waals surface area contributed by atoms with Crippen LogP contribution in [0.2, 0.25) is 0 Å². The summed E-state index contributed by atoms with van der Waals surface area (Å²) in [6.07, 6.45) is -1.96. The number of carbonyl (C=O) groups excluding carboxylic acids is 1. The lowest BCUT2D eigenvalue weighted by atomic mass is 9.93. The number of carbonyl (C=O) groups is 1. The van der Waals surface area contributed by atoms with Crippen LogP contribution >= 0.6 is 0 Å². The van der Waals surface area contributed by atoms with E-state index in [-0.39, 0.29) is 12.1 Å². The molecule has 0 radical (unpaired) electrons. The van der Waals surface area contributed by atoms with E-state index in [4.69, 9.17) is 4.74 Å². The van der Waals surface area contributed by atoms with Gasteiger partial charge < -0.3 is 15.4 Å². The lowest BCUT2D eigenvalue weighted by Crippen LogP contribution is -2.45. The predicted molar refractivity (Wildman–Crippen MR) is 84.7 cm³/mol. The molecule has 0 saturated carbocycles. The van der Waals surface area contributed by atoms with Gasteiger partial charge in [-0.3, -0.25) is 0 Å². The molecular weight excluding hydrogens is 321 g/mol. The summed E-state index contributed by atoms with van der Waals surface area (Å²) in [6, 6.07) is 4.81. The van der Waals surface area contributed by atoms with E-state index in [2.05, 4.69) is 10.6 Å². The zero-order valence-corrected chi connectivity index (χ0v) is 13.7. The molecule has 1 aromatic carbocycles. The van der Waals surface area contributed by atoms with Crippen LogP contribution in [-0.2, 0) is 17.3 Å². The van der Waals surface area contributed by atoms with Gasteiger partial charge in [0.05, 0.1) is 5.56 Å². The summed E-state index contributed by atoms with van der Waals surface area (Å²) in [5, 5.41) is 5.65. The van der Waals surface area contributed by atoms with Gasteiger partial charge >= 0.3 is 12.2 Å². The SMILES string of the molecule is C[C@@H](NC(=O)NCCc1ccc(C(F)(F)F)cc1)C1CCOCC1. The average molecular weight is 344 g/mol. The average Bonchev–Trinajstić information content (AvgIpc) is 2.55. The van der Waals surface area contributed by atoms with E-state index in [9.17, 15) is 18.0 Å². The van der Waals surface area contributed by atoms with Crippen LogP contribution in [0.5, 0.6) is 0 Å². The van der Waals surface area contributed by atoms with Crippen molar-refractivity contribution in [1.29, 1.82) is 0 Å². The van der Waals surface area contributed by atoms with E-state index >= 15 is 0 Å². The Morgan fingerprint density at radius 1 is 1.25 bits per heavy atom. The molecule has 134 valence electrons. The van der Waals surface area contributed by atoms with E-state index in [1.54, 1.807) is 0 Å². The van der Waals surface area contributed by atoms with Crippen molar-refractivity contribution < 1.29 is 22.7 Å². The normalized spacial score (nSPS) is 17.3. The molecule has 1 aliphatic rings. The number of amides is 2. The molecule has 1 aromatic rings. The van der Waals surface area contributed by atoms with Gasteiger partial charge in [0.1, 0.15) is 0 Å². The molecule has 24 heavy (non-hydrogen) atoms. The van der Waals surface area contributed by atoms with Crippen LogP contribution in [0.15, 0.2) is 24.3 Å². The third-order valence-corrected chi connectivity index (χ3v) is 4.31. The van der Waals surface area contributed by atoms with E-state index in [0.717, 1.165) is 43.8 Å². The van der Waals surface area contributed by atoms with Crippen molar-refractivity contribution >= 4 is 6.03 Å². The van der Waals surface area contributed by atoms with Crippen LogP contribution in [0.1, 0.15) is 30.9 Å². The number of benzene rings is 1. The van der Waals surface area contributed by atoms with Crippen LogP contribution in [0, 0.1) is 5.92 Å². The second-order valence-electron chi connectivity index (χ2n) is 6.08. The number of rotatable bonds is 5. The third kappa shape index (κ3) is 5.70. The molecule has 1 saturated heterocycles. The lowest BCUT2D eigenvalue weighted by Gasteiger charge is -2.28. The maximum atomic E-state index is 12.5. The summed E-state index contributed by atoms with van der Waals surface area (Å²) in [4.78, 5) is 11.9. The summed E-state index contributed by atoms with van der Waals surface area (Å²) in [5.41, 5.74) is 0.0861. The van der Waals surface area contributed by atoms with Crippen molar-refractivity contribution in [3.05, 3.63) is 35.4 Å². The number of alkyl halides is 3. The van der Waals surface area contributed by atoms with E-state index < -0.39 is 11.7 Å². The highest BCUT2D eigenvalue weighted by Crippen LogP contribution is 2.29. The summed E-state index contributed by atoms with van der Waals surface area (Å²) in [5.74, 6) is 0.416. The molecule has 4 nitrogen and oxygen atoms in total. The van der Waals surface area contributed by atoms with Gasteiger partial charge in [0.25, 0.3) is 0 Å². The Bertz CT molecular complexity index is 526. The molecule has 2 rings (SSSR count). The first-order valence-electron chi connectivity index (χ1n) is 8.14. The summed E-state index contributed by atoms with van der Waals surface area (Å²) < 4.78 is 42.7. The topological polar surface area (TPSA) is 50.4 Å². The molecule has 1 aliphatic heterocycles. The smallest absolute Gasteiger partial charge is 0.381 e. The molecular formula is C17H23F3N2O2. The van der Waals surface area contributed by atoms with Gasteiger partial charge in [-0.1, -0.05) is 12.1 Å². The van der Waals surface area contributed by atoms with Crippen LogP contribution in [0.4, 0.5) is 18.0 Å². The van der Waals surface area contributed by atoms with Crippen molar-refractivity contribution in [2.45, 2.75) is 38.4 Å². The predicted octanol–water partition coefficient (Wildman–Crippen LogP) is 3.36. The van der Waals surface area contributed by atoms with Crippen molar-refractivity contribution in [3.63, 3.8) is 0 Å². The minimum absolute atomic E-state index is 0.0694. The molecule has 0 aromatic heterocycles. The summed E-state index contributed by atoms with van der Waals surface area (Å²) in [7, 11) is 0. The van der Waals surface area contributed by atoms with E-state index in [1.165, 1.54) is 12.1 Å². The van der Waals surface area contributed by atoms with Gasteiger partial charge in [-0.15, -0.1) is 0 Å². The fourth-order valence-corrected chi connectivity index (χ4v) is 2.77. The lowest BCUT2D eigenvalue weighted by molar-refractivity contribution is -0.137. The fraction of sp³-hybridized carbons (Fsp3) is 0.588. The fourth-order valence-electron chi connectivity index (χ4n) is 2.77. The van der Waals surface area contributed by atoms with E-state index in [0.29, 0.717) is 18.9 Å². The zero-order chi connectivity index (χ0) is 17.6. The van der Waals surface area contributed by atoms with Gasteiger partial charge in [0.15, 0.2) is 0 Å². The monoisotopic (exact) mass is 344 g/mol. The quantitative estimate of drug-likeness (QED) is 0.860. The number of urea groups is 1. The summed E-state index contributed by atoms with van der Waals surface area (Å²) in [6.45, 7) is 3.81. The first-order valence-corrected chi connectivity index (χ1v) is 8.14. The van der Waals surface area contributed by atoms with Crippen LogP contribution in [0.3, 0.4) is 0 Å². The number of ether oxygens (including phenoxy) is 1. The number of nitrogens with one attached hydrogen (secondary N) is 2. The molecule has 0 spiro atoms. The Morgan fingerprint density at radius 3 is 2.46 bits per heavy atom. The highest BCUT2D eigenvalue weighted by molar-refractivity contribution is 5.74. The molecule has 0 bridgehead atoms. The Hall–Kier alpha value is -1.76.